The topological polar surface area (TPSA) is 90.9 Å². The lowest BCUT2D eigenvalue weighted by atomic mass is 10.2. The lowest BCUT2D eigenvalue weighted by molar-refractivity contribution is -0.124. The van der Waals surface area contributed by atoms with Gasteiger partial charge in [-0.25, -0.2) is 9.78 Å². The first-order valence-corrected chi connectivity index (χ1v) is 6.68. The standard InChI is InChI=1S/C13H19N5O3/c1-7(2)15-11(19)8(3)18-6-14-10-9(18)12(20)17(5)13(21)16(10)4/h6-8H,1-5H3,(H,15,19). The molecule has 0 aliphatic heterocycles. The highest BCUT2D eigenvalue weighted by molar-refractivity contribution is 5.82. The van der Waals surface area contributed by atoms with Crippen molar-refractivity contribution in [2.75, 3.05) is 0 Å². The maximum atomic E-state index is 12.3. The summed E-state index contributed by atoms with van der Waals surface area (Å²) in [7, 11) is 2.95. The van der Waals surface area contributed by atoms with Crippen molar-refractivity contribution in [2.45, 2.75) is 32.9 Å². The van der Waals surface area contributed by atoms with E-state index < -0.39 is 17.3 Å². The number of nitrogens with zero attached hydrogens (tertiary/aromatic N) is 4. The van der Waals surface area contributed by atoms with Gasteiger partial charge in [-0.1, -0.05) is 0 Å². The number of hydrogen-bond donors (Lipinski definition) is 1. The summed E-state index contributed by atoms with van der Waals surface area (Å²) >= 11 is 0. The Kier molecular flexibility index (Phi) is 3.71. The minimum Gasteiger partial charge on any atom is -0.352 e. The fourth-order valence-electron chi connectivity index (χ4n) is 2.19. The highest BCUT2D eigenvalue weighted by Crippen LogP contribution is 2.13. The van der Waals surface area contributed by atoms with Crippen molar-refractivity contribution < 1.29 is 4.79 Å². The van der Waals surface area contributed by atoms with Gasteiger partial charge in [-0.15, -0.1) is 0 Å². The van der Waals surface area contributed by atoms with Gasteiger partial charge in [0.15, 0.2) is 11.2 Å². The van der Waals surface area contributed by atoms with E-state index in [4.69, 9.17) is 0 Å². The first kappa shape index (κ1) is 15.0. The molecule has 2 aromatic rings. The van der Waals surface area contributed by atoms with Gasteiger partial charge in [0.05, 0.1) is 6.33 Å². The summed E-state index contributed by atoms with van der Waals surface area (Å²) < 4.78 is 3.79. The number of aromatic nitrogens is 4. The second-order valence-corrected chi connectivity index (χ2v) is 5.37. The SMILES string of the molecule is CC(C)NC(=O)C(C)n1cnc2c1c(=O)n(C)c(=O)n2C. The van der Waals surface area contributed by atoms with Gasteiger partial charge in [-0.05, 0) is 20.8 Å². The molecule has 0 aromatic carbocycles. The number of imidazole rings is 1. The van der Waals surface area contributed by atoms with Crippen LogP contribution in [0.25, 0.3) is 11.2 Å². The molecule has 0 bridgehead atoms. The van der Waals surface area contributed by atoms with E-state index in [0.717, 1.165) is 4.57 Å². The van der Waals surface area contributed by atoms with Crippen molar-refractivity contribution in [3.63, 3.8) is 0 Å². The van der Waals surface area contributed by atoms with Crippen molar-refractivity contribution in [3.05, 3.63) is 27.2 Å². The Morgan fingerprint density at radius 2 is 1.81 bits per heavy atom. The molecule has 2 heterocycles. The summed E-state index contributed by atoms with van der Waals surface area (Å²) in [4.78, 5) is 40.4. The number of hydrogen-bond acceptors (Lipinski definition) is 4. The maximum Gasteiger partial charge on any atom is 0.332 e. The van der Waals surface area contributed by atoms with Gasteiger partial charge < -0.3 is 9.88 Å². The van der Waals surface area contributed by atoms with Gasteiger partial charge in [-0.2, -0.15) is 0 Å². The van der Waals surface area contributed by atoms with Crippen molar-refractivity contribution in [1.29, 1.82) is 0 Å². The Morgan fingerprint density at radius 3 is 2.38 bits per heavy atom. The third kappa shape index (κ3) is 2.37. The summed E-state index contributed by atoms with van der Waals surface area (Å²) in [6.45, 7) is 5.40. The van der Waals surface area contributed by atoms with E-state index >= 15 is 0 Å². The zero-order valence-electron chi connectivity index (χ0n) is 12.7. The highest BCUT2D eigenvalue weighted by atomic mass is 16.2. The van der Waals surface area contributed by atoms with Crippen molar-refractivity contribution in [1.82, 2.24) is 24.0 Å². The van der Waals surface area contributed by atoms with Gasteiger partial charge in [0.25, 0.3) is 5.56 Å². The summed E-state index contributed by atoms with van der Waals surface area (Å²) in [5.41, 5.74) is -0.398. The van der Waals surface area contributed by atoms with Crippen molar-refractivity contribution >= 4 is 17.1 Å². The van der Waals surface area contributed by atoms with Crippen LogP contribution in [-0.4, -0.2) is 30.6 Å². The lowest BCUT2D eigenvalue weighted by Gasteiger charge is -2.16. The van der Waals surface area contributed by atoms with E-state index in [1.165, 1.54) is 22.5 Å². The summed E-state index contributed by atoms with van der Waals surface area (Å²) in [5, 5.41) is 2.79. The molecular weight excluding hydrogens is 274 g/mol. The molecule has 0 fully saturated rings. The van der Waals surface area contributed by atoms with Crippen LogP contribution in [-0.2, 0) is 18.9 Å². The molecule has 0 spiro atoms. The average Bonchev–Trinajstić information content (AvgIpc) is 2.85. The third-order valence-corrected chi connectivity index (χ3v) is 3.40. The third-order valence-electron chi connectivity index (χ3n) is 3.40. The number of carbonyl (C=O) groups excluding carboxylic acids is 1. The Bertz CT molecular complexity index is 812. The summed E-state index contributed by atoms with van der Waals surface area (Å²) in [5.74, 6) is -0.208. The quantitative estimate of drug-likeness (QED) is 0.827. The van der Waals surface area contributed by atoms with Crippen LogP contribution in [0.4, 0.5) is 0 Å². The summed E-state index contributed by atoms with van der Waals surface area (Å²) in [6, 6.07) is -0.593. The number of nitrogens with one attached hydrogen (secondary N) is 1. The maximum absolute atomic E-state index is 12.3. The number of carbonyl (C=O) groups is 1. The number of amides is 1. The molecule has 0 saturated carbocycles. The van der Waals surface area contributed by atoms with Crippen molar-refractivity contribution in [3.8, 4) is 0 Å². The Hall–Kier alpha value is -2.38. The minimum absolute atomic E-state index is 0.00178. The predicted octanol–water partition coefficient (Wildman–Crippen LogP) is -0.481. The molecule has 1 atom stereocenters. The van der Waals surface area contributed by atoms with Crippen molar-refractivity contribution in [2.24, 2.45) is 14.1 Å². The van der Waals surface area contributed by atoms with E-state index in [1.54, 1.807) is 14.0 Å². The van der Waals surface area contributed by atoms with Gasteiger partial charge >= 0.3 is 5.69 Å². The molecule has 0 radical (unpaired) electrons. The van der Waals surface area contributed by atoms with E-state index in [1.807, 2.05) is 13.8 Å². The number of aryl methyl sites for hydroxylation is 1. The van der Waals surface area contributed by atoms with Crippen LogP contribution in [0, 0.1) is 0 Å². The largest absolute Gasteiger partial charge is 0.352 e. The van der Waals surface area contributed by atoms with Gasteiger partial charge in [-0.3, -0.25) is 18.7 Å². The smallest absolute Gasteiger partial charge is 0.332 e. The first-order valence-electron chi connectivity index (χ1n) is 6.68. The molecule has 2 rings (SSSR count). The lowest BCUT2D eigenvalue weighted by Crippen LogP contribution is -2.39. The normalized spacial score (nSPS) is 12.9. The second kappa shape index (κ2) is 5.19. The zero-order valence-corrected chi connectivity index (χ0v) is 12.7. The zero-order chi connectivity index (χ0) is 15.9. The number of rotatable bonds is 3. The first-order chi connectivity index (χ1) is 9.75. The summed E-state index contributed by atoms with van der Waals surface area (Å²) in [6.07, 6.45) is 1.41. The Morgan fingerprint density at radius 1 is 1.19 bits per heavy atom. The number of fused-ring (bicyclic) bond motifs is 1. The molecule has 0 aliphatic carbocycles. The molecule has 8 nitrogen and oxygen atoms in total. The average molecular weight is 293 g/mol. The monoisotopic (exact) mass is 293 g/mol. The van der Waals surface area contributed by atoms with Crippen LogP contribution in [0.5, 0.6) is 0 Å². The molecule has 0 saturated heterocycles. The van der Waals surface area contributed by atoms with Crippen LogP contribution in [0.15, 0.2) is 15.9 Å². The van der Waals surface area contributed by atoms with E-state index in [-0.39, 0.29) is 23.1 Å². The molecule has 2 aromatic heterocycles. The molecule has 1 N–H and O–H groups in total. The van der Waals surface area contributed by atoms with E-state index in [2.05, 4.69) is 10.3 Å². The van der Waals surface area contributed by atoms with Gasteiger partial charge in [0.1, 0.15) is 6.04 Å². The van der Waals surface area contributed by atoms with Crippen LogP contribution < -0.4 is 16.6 Å². The second-order valence-electron chi connectivity index (χ2n) is 5.37. The molecule has 114 valence electrons. The van der Waals surface area contributed by atoms with Crippen LogP contribution in [0.1, 0.15) is 26.8 Å². The minimum atomic E-state index is -0.595. The molecule has 21 heavy (non-hydrogen) atoms. The Labute approximate surface area is 121 Å². The molecule has 0 aliphatic rings. The van der Waals surface area contributed by atoms with E-state index in [9.17, 15) is 14.4 Å². The van der Waals surface area contributed by atoms with Gasteiger partial charge in [0, 0.05) is 20.1 Å². The fourth-order valence-corrected chi connectivity index (χ4v) is 2.19. The van der Waals surface area contributed by atoms with Crippen LogP contribution in [0.2, 0.25) is 0 Å². The van der Waals surface area contributed by atoms with Gasteiger partial charge in [0.2, 0.25) is 5.91 Å². The Balaban J connectivity index is 2.65. The molecule has 1 amide bonds. The molecule has 8 heteroatoms. The van der Waals surface area contributed by atoms with E-state index in [0.29, 0.717) is 0 Å². The van der Waals surface area contributed by atoms with Crippen LogP contribution >= 0.6 is 0 Å². The molecule has 1 unspecified atom stereocenters. The fraction of sp³-hybridized carbons (Fsp3) is 0.538. The highest BCUT2D eigenvalue weighted by Gasteiger charge is 2.21. The predicted molar refractivity (Wildman–Crippen MR) is 78.2 cm³/mol. The van der Waals surface area contributed by atoms with Crippen LogP contribution in [0.3, 0.4) is 0 Å². The molecular formula is C13H19N5O3.